The summed E-state index contributed by atoms with van der Waals surface area (Å²) in [6.07, 6.45) is 3.41. The zero-order valence-corrected chi connectivity index (χ0v) is 20.2. The molecule has 176 valence electrons. The van der Waals surface area contributed by atoms with Crippen molar-refractivity contribution in [3.8, 4) is 0 Å². The smallest absolute Gasteiger partial charge is 0.262 e. The van der Waals surface area contributed by atoms with Crippen molar-refractivity contribution >= 4 is 27.5 Å². The van der Waals surface area contributed by atoms with Crippen molar-refractivity contribution in [2.45, 2.75) is 57.4 Å². The number of hydrogen-bond acceptors (Lipinski definition) is 4. The first-order valence-electron chi connectivity index (χ1n) is 11.4. The third-order valence-electron chi connectivity index (χ3n) is 6.31. The first-order valence-corrected chi connectivity index (χ1v) is 12.9. The average molecular weight is 470 g/mol. The maximum atomic E-state index is 13.1. The fourth-order valence-corrected chi connectivity index (χ4v) is 6.09. The molecule has 2 aromatic rings. The van der Waals surface area contributed by atoms with Crippen LogP contribution in [-0.4, -0.2) is 44.3 Å². The van der Waals surface area contributed by atoms with Crippen molar-refractivity contribution in [1.29, 1.82) is 0 Å². The summed E-state index contributed by atoms with van der Waals surface area (Å²) in [5, 5.41) is 3.05. The second-order valence-electron chi connectivity index (χ2n) is 9.26. The van der Waals surface area contributed by atoms with Gasteiger partial charge in [0.2, 0.25) is 5.91 Å². The number of carbonyl (C=O) groups excluding carboxylic acids is 2. The molecule has 2 N–H and O–H groups in total. The molecule has 0 aromatic heterocycles. The number of nitrogens with one attached hydrogen (secondary N) is 2. The molecule has 33 heavy (non-hydrogen) atoms. The van der Waals surface area contributed by atoms with E-state index in [1.54, 1.807) is 43.0 Å². The second-order valence-corrected chi connectivity index (χ2v) is 10.9. The first-order chi connectivity index (χ1) is 15.6. The predicted molar refractivity (Wildman–Crippen MR) is 128 cm³/mol. The van der Waals surface area contributed by atoms with Crippen LogP contribution >= 0.6 is 0 Å². The minimum atomic E-state index is -3.80. The summed E-state index contributed by atoms with van der Waals surface area (Å²) < 4.78 is 28.8. The lowest BCUT2D eigenvalue weighted by Crippen LogP contribution is -2.43. The molecule has 1 saturated carbocycles. The molecule has 1 aliphatic heterocycles. The SMILES string of the molecule is Cc1cc(C)c(S(=O)(=O)Nc2cccc(C(=O)N3CCC(C(=O)NC4CC4)CC3)c2)c(C)c1. The second kappa shape index (κ2) is 9.17. The Kier molecular flexibility index (Phi) is 6.47. The van der Waals surface area contributed by atoms with Gasteiger partial charge in [-0.25, -0.2) is 8.42 Å². The molecule has 2 aliphatic rings. The van der Waals surface area contributed by atoms with Gasteiger partial charge in [0, 0.05) is 36.3 Å². The molecule has 7 nitrogen and oxygen atoms in total. The Morgan fingerprint density at radius 1 is 0.939 bits per heavy atom. The van der Waals surface area contributed by atoms with Gasteiger partial charge >= 0.3 is 0 Å². The van der Waals surface area contributed by atoms with Gasteiger partial charge in [-0.15, -0.1) is 0 Å². The summed E-state index contributed by atoms with van der Waals surface area (Å²) in [6, 6.07) is 10.6. The molecule has 8 heteroatoms. The summed E-state index contributed by atoms with van der Waals surface area (Å²) in [4.78, 5) is 27.3. The maximum Gasteiger partial charge on any atom is 0.262 e. The van der Waals surface area contributed by atoms with Crippen molar-refractivity contribution in [3.63, 3.8) is 0 Å². The lowest BCUT2D eigenvalue weighted by atomic mass is 9.95. The van der Waals surface area contributed by atoms with E-state index in [4.69, 9.17) is 0 Å². The third kappa shape index (κ3) is 5.38. The van der Waals surface area contributed by atoms with E-state index in [1.807, 2.05) is 19.1 Å². The fourth-order valence-electron chi connectivity index (χ4n) is 4.59. The molecule has 0 bridgehead atoms. The Balaban J connectivity index is 1.43. The quantitative estimate of drug-likeness (QED) is 0.676. The van der Waals surface area contributed by atoms with E-state index in [0.29, 0.717) is 54.4 Å². The first kappa shape index (κ1) is 23.3. The molecule has 0 unspecified atom stereocenters. The normalized spacial score (nSPS) is 17.0. The Morgan fingerprint density at radius 2 is 1.58 bits per heavy atom. The number of aryl methyl sites for hydroxylation is 3. The lowest BCUT2D eigenvalue weighted by molar-refractivity contribution is -0.126. The summed E-state index contributed by atoms with van der Waals surface area (Å²) in [5.74, 6) is -0.101. The van der Waals surface area contributed by atoms with Gasteiger partial charge in [0.05, 0.1) is 4.90 Å². The number of sulfonamides is 1. The van der Waals surface area contributed by atoms with E-state index in [0.717, 1.165) is 18.4 Å². The van der Waals surface area contributed by atoms with Gasteiger partial charge in [-0.1, -0.05) is 23.8 Å². The summed E-state index contributed by atoms with van der Waals surface area (Å²) in [5.41, 5.74) is 3.14. The van der Waals surface area contributed by atoms with Crippen LogP contribution in [0.15, 0.2) is 41.3 Å². The summed E-state index contributed by atoms with van der Waals surface area (Å²) in [6.45, 7) is 6.52. The zero-order chi connectivity index (χ0) is 23.8. The van der Waals surface area contributed by atoms with Gasteiger partial charge in [-0.2, -0.15) is 0 Å². The van der Waals surface area contributed by atoms with E-state index >= 15 is 0 Å². The van der Waals surface area contributed by atoms with Gasteiger partial charge in [-0.05, 0) is 75.8 Å². The monoisotopic (exact) mass is 469 g/mol. The predicted octanol–water partition coefficient (Wildman–Crippen LogP) is 3.54. The van der Waals surface area contributed by atoms with Gasteiger partial charge in [0.15, 0.2) is 0 Å². The highest BCUT2D eigenvalue weighted by Gasteiger charge is 2.31. The molecule has 2 amide bonds. The van der Waals surface area contributed by atoms with E-state index in [9.17, 15) is 18.0 Å². The molecule has 1 heterocycles. The Labute approximate surface area is 195 Å². The number of benzene rings is 2. The van der Waals surface area contributed by atoms with Crippen molar-refractivity contribution in [1.82, 2.24) is 10.2 Å². The fraction of sp³-hybridized carbons (Fsp3) is 0.440. The molecule has 4 rings (SSSR count). The van der Waals surface area contributed by atoms with Crippen LogP contribution in [-0.2, 0) is 14.8 Å². The molecule has 2 fully saturated rings. The van der Waals surface area contributed by atoms with Crippen molar-refractivity contribution < 1.29 is 18.0 Å². The largest absolute Gasteiger partial charge is 0.353 e. The highest BCUT2D eigenvalue weighted by molar-refractivity contribution is 7.92. The van der Waals surface area contributed by atoms with E-state index in [-0.39, 0.29) is 22.6 Å². The van der Waals surface area contributed by atoms with Crippen LogP contribution in [0.2, 0.25) is 0 Å². The van der Waals surface area contributed by atoms with Crippen LogP contribution in [0.1, 0.15) is 52.7 Å². The number of carbonyl (C=O) groups is 2. The highest BCUT2D eigenvalue weighted by atomic mass is 32.2. The van der Waals surface area contributed by atoms with Crippen LogP contribution < -0.4 is 10.0 Å². The summed E-state index contributed by atoms with van der Waals surface area (Å²) >= 11 is 0. The number of rotatable bonds is 6. The van der Waals surface area contributed by atoms with Gasteiger partial charge in [0.1, 0.15) is 0 Å². The minimum Gasteiger partial charge on any atom is -0.353 e. The number of likely N-dealkylation sites (tertiary alicyclic amines) is 1. The Bertz CT molecular complexity index is 1160. The summed E-state index contributed by atoms with van der Waals surface area (Å²) in [7, 11) is -3.80. The molecule has 0 spiro atoms. The van der Waals surface area contributed by atoms with E-state index in [1.165, 1.54) is 0 Å². The topological polar surface area (TPSA) is 95.6 Å². The molecule has 2 aromatic carbocycles. The van der Waals surface area contributed by atoms with Gasteiger partial charge in [0.25, 0.3) is 15.9 Å². The number of nitrogens with zero attached hydrogens (tertiary/aromatic N) is 1. The lowest BCUT2D eigenvalue weighted by Gasteiger charge is -2.31. The minimum absolute atomic E-state index is 0.0474. The van der Waals surface area contributed by atoms with Crippen LogP contribution in [0.3, 0.4) is 0 Å². The number of hydrogen-bond donors (Lipinski definition) is 2. The molecule has 1 aliphatic carbocycles. The van der Waals surface area contributed by atoms with E-state index in [2.05, 4.69) is 10.0 Å². The molecule has 1 saturated heterocycles. The third-order valence-corrected chi connectivity index (χ3v) is 8.00. The number of anilines is 1. The number of amides is 2. The van der Waals surface area contributed by atoms with Gasteiger partial charge in [-0.3, -0.25) is 14.3 Å². The maximum absolute atomic E-state index is 13.1. The Hall–Kier alpha value is -2.87. The molecular weight excluding hydrogens is 438 g/mol. The van der Waals surface area contributed by atoms with E-state index < -0.39 is 10.0 Å². The van der Waals surface area contributed by atoms with Gasteiger partial charge < -0.3 is 10.2 Å². The Morgan fingerprint density at radius 3 is 2.18 bits per heavy atom. The molecule has 0 radical (unpaired) electrons. The van der Waals surface area contributed by atoms with Crippen molar-refractivity contribution in [3.05, 3.63) is 58.7 Å². The standard InChI is InChI=1S/C25H31N3O4S/c1-16-13-17(2)23(18(3)14-16)33(31,32)27-22-6-4-5-20(15-22)25(30)28-11-9-19(10-12-28)24(29)26-21-7-8-21/h4-6,13-15,19,21,27H,7-12H2,1-3H3,(H,26,29). The van der Waals surface area contributed by atoms with Crippen molar-refractivity contribution in [2.75, 3.05) is 17.8 Å². The number of piperidine rings is 1. The van der Waals surface area contributed by atoms with Crippen LogP contribution in [0, 0.1) is 26.7 Å². The highest BCUT2D eigenvalue weighted by Crippen LogP contribution is 2.26. The van der Waals surface area contributed by atoms with Crippen LogP contribution in [0.5, 0.6) is 0 Å². The zero-order valence-electron chi connectivity index (χ0n) is 19.3. The molecule has 0 atom stereocenters. The van der Waals surface area contributed by atoms with Crippen LogP contribution in [0.25, 0.3) is 0 Å². The van der Waals surface area contributed by atoms with Crippen LogP contribution in [0.4, 0.5) is 5.69 Å². The average Bonchev–Trinajstić information content (AvgIpc) is 3.56. The molecular formula is C25H31N3O4S. The van der Waals surface area contributed by atoms with Crippen molar-refractivity contribution in [2.24, 2.45) is 5.92 Å².